The zero-order valence-corrected chi connectivity index (χ0v) is 44.3. The first-order valence-electron chi connectivity index (χ1n) is 28.3. The van der Waals surface area contributed by atoms with Crippen molar-refractivity contribution in [1.82, 2.24) is 0 Å². The molecule has 0 fully saturated rings. The van der Waals surface area contributed by atoms with Gasteiger partial charge in [0.05, 0.1) is 0 Å². The van der Waals surface area contributed by atoms with E-state index in [2.05, 4.69) is 81.5 Å². The zero-order chi connectivity index (χ0) is 49.3. The normalized spacial score (nSPS) is 12.8. The quantitative estimate of drug-likeness (QED) is 0.0262. The van der Waals surface area contributed by atoms with Crippen LogP contribution in [0.15, 0.2) is 97.2 Å². The number of carbonyl (C=O) groups is 3. The molecule has 1 atom stereocenters. The highest BCUT2D eigenvalue weighted by Crippen LogP contribution is 2.15. The van der Waals surface area contributed by atoms with Gasteiger partial charge in [0.2, 0.25) is 0 Å². The summed E-state index contributed by atoms with van der Waals surface area (Å²) in [5, 5.41) is 0. The molecule has 0 N–H and O–H groups in total. The Morgan fingerprint density at radius 2 is 0.574 bits per heavy atom. The van der Waals surface area contributed by atoms with E-state index in [9.17, 15) is 14.4 Å². The van der Waals surface area contributed by atoms with Gasteiger partial charge in [0, 0.05) is 19.3 Å². The molecular formula is C62H104O6. The molecule has 0 bridgehead atoms. The van der Waals surface area contributed by atoms with Crippen molar-refractivity contribution < 1.29 is 28.6 Å². The predicted molar refractivity (Wildman–Crippen MR) is 293 cm³/mol. The third-order valence-electron chi connectivity index (χ3n) is 11.9. The Morgan fingerprint density at radius 1 is 0.309 bits per heavy atom. The number of esters is 3. The lowest BCUT2D eigenvalue weighted by atomic mass is 10.1. The molecule has 0 aliphatic rings. The van der Waals surface area contributed by atoms with Gasteiger partial charge in [-0.25, -0.2) is 0 Å². The Hall–Kier alpha value is -3.67. The lowest BCUT2D eigenvalue weighted by Gasteiger charge is -2.18. The van der Waals surface area contributed by atoms with Gasteiger partial charge in [-0.3, -0.25) is 14.4 Å². The van der Waals surface area contributed by atoms with Crippen molar-refractivity contribution in [2.45, 2.75) is 264 Å². The summed E-state index contributed by atoms with van der Waals surface area (Å²) in [6, 6.07) is 0. The van der Waals surface area contributed by atoms with Gasteiger partial charge in [-0.1, -0.05) is 246 Å². The van der Waals surface area contributed by atoms with Gasteiger partial charge in [-0.2, -0.15) is 0 Å². The number of ether oxygens (including phenoxy) is 3. The maximum absolute atomic E-state index is 12.8. The third-order valence-corrected chi connectivity index (χ3v) is 11.9. The highest BCUT2D eigenvalue weighted by molar-refractivity contribution is 5.71. The number of allylic oxidation sites excluding steroid dienone is 16. The second-order valence-electron chi connectivity index (χ2n) is 18.6. The van der Waals surface area contributed by atoms with Crippen LogP contribution in [-0.4, -0.2) is 37.2 Å². The van der Waals surface area contributed by atoms with Crippen LogP contribution in [0, 0.1) is 0 Å². The summed E-state index contributed by atoms with van der Waals surface area (Å²) < 4.78 is 16.8. The first kappa shape index (κ1) is 64.3. The summed E-state index contributed by atoms with van der Waals surface area (Å²) >= 11 is 0. The molecule has 0 rings (SSSR count). The molecule has 0 aliphatic carbocycles. The first-order chi connectivity index (χ1) is 33.5. The number of unbranched alkanes of at least 4 members (excludes halogenated alkanes) is 28. The van der Waals surface area contributed by atoms with E-state index in [-0.39, 0.29) is 31.1 Å². The van der Waals surface area contributed by atoms with Gasteiger partial charge >= 0.3 is 17.9 Å². The predicted octanol–water partition coefficient (Wildman–Crippen LogP) is 18.9. The summed E-state index contributed by atoms with van der Waals surface area (Å²) in [6.07, 6.45) is 74.0. The van der Waals surface area contributed by atoms with Gasteiger partial charge in [0.1, 0.15) is 13.2 Å². The largest absolute Gasteiger partial charge is 0.462 e. The first-order valence-corrected chi connectivity index (χ1v) is 28.3. The van der Waals surface area contributed by atoms with Crippen LogP contribution < -0.4 is 0 Å². The van der Waals surface area contributed by atoms with Crippen molar-refractivity contribution in [1.29, 1.82) is 0 Å². The van der Waals surface area contributed by atoms with Gasteiger partial charge in [0.25, 0.3) is 0 Å². The molecule has 68 heavy (non-hydrogen) atoms. The number of rotatable bonds is 50. The monoisotopic (exact) mass is 945 g/mol. The van der Waals surface area contributed by atoms with E-state index < -0.39 is 6.10 Å². The fourth-order valence-electron chi connectivity index (χ4n) is 7.67. The van der Waals surface area contributed by atoms with Crippen LogP contribution in [0.5, 0.6) is 0 Å². The molecule has 0 aromatic carbocycles. The van der Waals surface area contributed by atoms with Crippen LogP contribution in [-0.2, 0) is 28.6 Å². The van der Waals surface area contributed by atoms with Gasteiger partial charge in [0.15, 0.2) is 6.10 Å². The fourth-order valence-corrected chi connectivity index (χ4v) is 7.67. The summed E-state index contributed by atoms with van der Waals surface area (Å²) in [5.74, 6) is -0.956. The Morgan fingerprint density at radius 3 is 0.956 bits per heavy atom. The van der Waals surface area contributed by atoms with Crippen LogP contribution >= 0.6 is 0 Å². The second-order valence-corrected chi connectivity index (χ2v) is 18.6. The molecule has 1 unspecified atom stereocenters. The molecule has 0 heterocycles. The molecule has 0 aromatic heterocycles. The average molecular weight is 946 g/mol. The fraction of sp³-hybridized carbons (Fsp3) is 0.694. The zero-order valence-electron chi connectivity index (χ0n) is 44.3. The van der Waals surface area contributed by atoms with E-state index >= 15 is 0 Å². The Kier molecular flexibility index (Phi) is 52.9. The summed E-state index contributed by atoms with van der Waals surface area (Å²) in [6.45, 7) is 6.42. The summed E-state index contributed by atoms with van der Waals surface area (Å²) in [5.41, 5.74) is 0. The van der Waals surface area contributed by atoms with Gasteiger partial charge in [-0.05, 0) is 89.9 Å². The molecule has 0 radical (unpaired) electrons. The highest BCUT2D eigenvalue weighted by Gasteiger charge is 2.19. The van der Waals surface area contributed by atoms with Crippen LogP contribution in [0.3, 0.4) is 0 Å². The maximum atomic E-state index is 12.8. The van der Waals surface area contributed by atoms with Crippen molar-refractivity contribution in [3.63, 3.8) is 0 Å². The van der Waals surface area contributed by atoms with Crippen molar-refractivity contribution >= 4 is 17.9 Å². The maximum Gasteiger partial charge on any atom is 0.306 e. The molecule has 388 valence electrons. The highest BCUT2D eigenvalue weighted by atomic mass is 16.6. The molecule has 0 aromatic rings. The van der Waals surface area contributed by atoms with Crippen molar-refractivity contribution in [2.24, 2.45) is 0 Å². The molecule has 0 aliphatic heterocycles. The van der Waals surface area contributed by atoms with Crippen LogP contribution in [0.2, 0.25) is 0 Å². The average Bonchev–Trinajstić information content (AvgIpc) is 3.34. The van der Waals surface area contributed by atoms with Gasteiger partial charge in [-0.15, -0.1) is 0 Å². The van der Waals surface area contributed by atoms with Crippen LogP contribution in [0.25, 0.3) is 0 Å². The third kappa shape index (κ3) is 53.3. The lowest BCUT2D eigenvalue weighted by Crippen LogP contribution is -2.30. The van der Waals surface area contributed by atoms with E-state index in [0.717, 1.165) is 89.9 Å². The van der Waals surface area contributed by atoms with Crippen LogP contribution in [0.4, 0.5) is 0 Å². The minimum atomic E-state index is -0.804. The summed E-state index contributed by atoms with van der Waals surface area (Å²) in [4.78, 5) is 38.1. The SMILES string of the molecule is CC/C=C/C=C/C=C/C=C/CCCCCC(=O)OCC(COC(=O)CCCCCCCCCCCC/C=C/C=C/CCCCC)OC(=O)CCCCCCC/C=C/C=C/CCCCCCCCC. The van der Waals surface area contributed by atoms with E-state index in [1.54, 1.807) is 0 Å². The van der Waals surface area contributed by atoms with Crippen molar-refractivity contribution in [2.75, 3.05) is 13.2 Å². The lowest BCUT2D eigenvalue weighted by molar-refractivity contribution is -0.167. The van der Waals surface area contributed by atoms with E-state index in [4.69, 9.17) is 14.2 Å². The molecule has 6 heteroatoms. The van der Waals surface area contributed by atoms with E-state index in [1.807, 2.05) is 36.5 Å². The minimum Gasteiger partial charge on any atom is -0.462 e. The molecule has 0 amide bonds. The van der Waals surface area contributed by atoms with E-state index in [0.29, 0.717) is 19.3 Å². The Bertz CT molecular complexity index is 1360. The number of hydrogen-bond donors (Lipinski definition) is 0. The van der Waals surface area contributed by atoms with Gasteiger partial charge < -0.3 is 14.2 Å². The number of hydrogen-bond acceptors (Lipinski definition) is 6. The molecule has 0 spiro atoms. The summed E-state index contributed by atoms with van der Waals surface area (Å²) in [7, 11) is 0. The Labute approximate surface area is 419 Å². The van der Waals surface area contributed by atoms with Crippen LogP contribution in [0.1, 0.15) is 258 Å². The number of carbonyl (C=O) groups excluding carboxylic acids is 3. The van der Waals surface area contributed by atoms with E-state index in [1.165, 1.54) is 128 Å². The second kappa shape index (κ2) is 55.9. The van der Waals surface area contributed by atoms with Crippen molar-refractivity contribution in [3.8, 4) is 0 Å². The molecule has 6 nitrogen and oxygen atoms in total. The molecular weight excluding hydrogens is 841 g/mol. The Balaban J connectivity index is 4.44. The minimum absolute atomic E-state index is 0.0990. The molecule has 0 saturated heterocycles. The molecule has 0 saturated carbocycles. The van der Waals surface area contributed by atoms with Crippen molar-refractivity contribution in [3.05, 3.63) is 97.2 Å². The topological polar surface area (TPSA) is 78.9 Å². The smallest absolute Gasteiger partial charge is 0.306 e. The standard InChI is InChI=1S/C62H104O6/c1-4-7-10-13-16-19-22-25-27-29-31-33-34-37-40-43-46-49-52-55-61(64)67-58-59(57-66-60(63)54-51-48-45-42-39-36-24-21-18-15-12-9-6-3)68-62(65)56-53-50-47-44-41-38-35-32-30-28-26-23-20-17-14-11-8-5-2/h9,12,15-16,18-19,21-22,24-25,28,30,32,35-36,39,59H,4-8,10-11,13-14,17,20,23,26-27,29,31,33-34,37-38,40-58H2,1-3H3/b12-9+,18-15+,19-16+,24-21+,25-22+,30-28+,35-32+,39-36+.